The number of halogens is 3. The monoisotopic (exact) mass is 588 g/mol. The van der Waals surface area contributed by atoms with Crippen molar-refractivity contribution in [1.29, 1.82) is 0 Å². The normalized spacial score (nSPS) is 13.5. The lowest BCUT2D eigenvalue weighted by Gasteiger charge is -2.26. The predicted octanol–water partition coefficient (Wildman–Crippen LogP) is 7.46. The molecule has 4 aromatic rings. The van der Waals surface area contributed by atoms with Crippen molar-refractivity contribution in [3.05, 3.63) is 135 Å². The summed E-state index contributed by atoms with van der Waals surface area (Å²) >= 11 is 12.0. The summed E-state index contributed by atoms with van der Waals surface area (Å²) in [6, 6.07) is 27.1. The molecule has 206 valence electrons. The third kappa shape index (κ3) is 5.59. The molecule has 0 saturated heterocycles. The number of anilines is 2. The van der Waals surface area contributed by atoms with Gasteiger partial charge in [0.1, 0.15) is 22.3 Å². The molecule has 0 fully saturated rings. The van der Waals surface area contributed by atoms with Crippen LogP contribution >= 0.6 is 23.2 Å². The molecule has 1 N–H and O–H groups in total. The van der Waals surface area contributed by atoms with Crippen molar-refractivity contribution in [3.8, 4) is 5.75 Å². The van der Waals surface area contributed by atoms with Crippen molar-refractivity contribution < 1.29 is 23.5 Å². The quantitative estimate of drug-likeness (QED) is 0.138. The largest absolute Gasteiger partial charge is 0.423 e. The van der Waals surface area contributed by atoms with Crippen molar-refractivity contribution in [2.75, 3.05) is 10.2 Å². The van der Waals surface area contributed by atoms with Gasteiger partial charge >= 0.3 is 5.97 Å². The van der Waals surface area contributed by atoms with E-state index in [1.807, 2.05) is 30.3 Å². The van der Waals surface area contributed by atoms with Gasteiger partial charge in [-0.3, -0.25) is 9.59 Å². The number of amides is 2. The first-order valence-corrected chi connectivity index (χ1v) is 13.3. The molecule has 0 saturated carbocycles. The summed E-state index contributed by atoms with van der Waals surface area (Å²) < 4.78 is 19.1. The second kappa shape index (κ2) is 11.2. The summed E-state index contributed by atoms with van der Waals surface area (Å²) in [4.78, 5) is 39.2. The van der Waals surface area contributed by atoms with Crippen molar-refractivity contribution in [2.24, 2.45) is 0 Å². The molecule has 9 heteroatoms. The summed E-state index contributed by atoms with van der Waals surface area (Å²) in [6.07, 6.45) is 0. The number of nitrogens with one attached hydrogen (secondary N) is 1. The van der Waals surface area contributed by atoms with Crippen LogP contribution < -0.4 is 15.0 Å². The molecule has 4 aromatic carbocycles. The zero-order valence-corrected chi connectivity index (χ0v) is 23.5. The van der Waals surface area contributed by atoms with Crippen LogP contribution in [-0.2, 0) is 15.0 Å². The maximum absolute atomic E-state index is 13.5. The third-order valence-electron chi connectivity index (χ3n) is 6.86. The Morgan fingerprint density at radius 1 is 0.829 bits per heavy atom. The van der Waals surface area contributed by atoms with Gasteiger partial charge in [-0.2, -0.15) is 0 Å². The van der Waals surface area contributed by atoms with Crippen LogP contribution in [-0.4, -0.2) is 17.8 Å². The number of carbonyl (C=O) groups excluding carboxylic acids is 3. The highest BCUT2D eigenvalue weighted by Crippen LogP contribution is 2.33. The molecule has 41 heavy (non-hydrogen) atoms. The lowest BCUT2D eigenvalue weighted by molar-refractivity contribution is -0.120. The van der Waals surface area contributed by atoms with E-state index in [2.05, 4.69) is 31.3 Å². The Hall–Kier alpha value is -4.46. The second-order valence-electron chi connectivity index (χ2n) is 9.84. The molecule has 0 bridgehead atoms. The Bertz CT molecular complexity index is 1690. The van der Waals surface area contributed by atoms with E-state index in [0.717, 1.165) is 22.6 Å². The smallest absolute Gasteiger partial charge is 0.343 e. The number of benzene rings is 4. The minimum Gasteiger partial charge on any atom is -0.423 e. The molecule has 2 amide bonds. The number of carbonyl (C=O) groups is 3. The zero-order valence-electron chi connectivity index (χ0n) is 22.0. The Balaban J connectivity index is 1.25. The maximum Gasteiger partial charge on any atom is 0.343 e. The molecule has 0 unspecified atom stereocenters. The fourth-order valence-corrected chi connectivity index (χ4v) is 4.82. The molecule has 6 nitrogen and oxygen atoms in total. The average Bonchev–Trinajstić information content (AvgIpc) is 3.18. The van der Waals surface area contributed by atoms with Crippen LogP contribution in [0.15, 0.2) is 108 Å². The van der Waals surface area contributed by atoms with Crippen LogP contribution in [0.4, 0.5) is 15.8 Å². The van der Waals surface area contributed by atoms with Crippen LogP contribution in [0, 0.1) is 5.82 Å². The van der Waals surface area contributed by atoms with Crippen LogP contribution in [0.1, 0.15) is 35.3 Å². The fourth-order valence-electron chi connectivity index (χ4n) is 4.43. The van der Waals surface area contributed by atoms with Crippen LogP contribution in [0.3, 0.4) is 0 Å². The lowest BCUT2D eigenvalue weighted by atomic mass is 9.78. The number of rotatable bonds is 7. The van der Waals surface area contributed by atoms with Crippen molar-refractivity contribution in [1.82, 2.24) is 0 Å². The minimum absolute atomic E-state index is 0.0797. The van der Waals surface area contributed by atoms with E-state index in [-0.39, 0.29) is 32.4 Å². The number of esters is 1. The summed E-state index contributed by atoms with van der Waals surface area (Å²) in [5.41, 5.74) is 2.63. The predicted molar refractivity (Wildman–Crippen MR) is 157 cm³/mol. The first-order chi connectivity index (χ1) is 19.6. The first-order valence-electron chi connectivity index (χ1n) is 12.5. The SMILES string of the molecule is CC(C)(c1ccccc1)c1ccc(OC(=O)c2ccc(NC3=C(Cl)C(=O)N(c4ccc(F)c(Cl)c4)C3=O)cc2)cc1. The zero-order chi connectivity index (χ0) is 29.3. The number of nitrogens with zero attached hydrogens (tertiary/aromatic N) is 1. The standard InChI is InChI=1S/C32H23Cl2FN2O4/c1-32(2,20-6-4-3-5-7-20)21-10-15-24(16-11-21)41-31(40)19-8-12-22(13-9-19)36-28-27(34)29(38)37(30(28)39)23-14-17-26(35)25(33)18-23/h3-18,36H,1-2H3. The molecule has 0 spiro atoms. The Labute approximate surface area is 246 Å². The number of imide groups is 1. The van der Waals surface area contributed by atoms with E-state index in [0.29, 0.717) is 11.4 Å². The van der Waals surface area contributed by atoms with Crippen molar-refractivity contribution in [2.45, 2.75) is 19.3 Å². The summed E-state index contributed by atoms with van der Waals surface area (Å²) in [6.45, 7) is 4.26. The van der Waals surface area contributed by atoms with Crippen molar-refractivity contribution >= 4 is 52.4 Å². The van der Waals surface area contributed by atoms with Gasteiger partial charge in [-0.05, 0) is 65.7 Å². The van der Waals surface area contributed by atoms with Gasteiger partial charge in [-0.15, -0.1) is 0 Å². The molecular weight excluding hydrogens is 566 g/mol. The molecule has 0 atom stereocenters. The van der Waals surface area contributed by atoms with E-state index in [9.17, 15) is 18.8 Å². The van der Waals surface area contributed by atoms with E-state index < -0.39 is 23.6 Å². The number of ether oxygens (including phenoxy) is 1. The van der Waals surface area contributed by atoms with Gasteiger partial charge in [-0.25, -0.2) is 14.1 Å². The van der Waals surface area contributed by atoms with Crippen LogP contribution in [0.25, 0.3) is 0 Å². The number of hydrogen-bond acceptors (Lipinski definition) is 5. The van der Waals surface area contributed by atoms with E-state index >= 15 is 0 Å². The van der Waals surface area contributed by atoms with Gasteiger partial charge < -0.3 is 10.1 Å². The highest BCUT2D eigenvalue weighted by Gasteiger charge is 2.39. The van der Waals surface area contributed by atoms with Gasteiger partial charge in [0, 0.05) is 11.1 Å². The highest BCUT2D eigenvalue weighted by molar-refractivity contribution is 6.53. The topological polar surface area (TPSA) is 75.7 Å². The van der Waals surface area contributed by atoms with E-state index in [4.69, 9.17) is 27.9 Å². The molecule has 0 aliphatic carbocycles. The Morgan fingerprint density at radius 2 is 1.46 bits per heavy atom. The molecule has 1 heterocycles. The first kappa shape index (κ1) is 28.1. The summed E-state index contributed by atoms with van der Waals surface area (Å²) in [5.74, 6) is -2.35. The minimum atomic E-state index is -0.778. The highest BCUT2D eigenvalue weighted by atomic mass is 35.5. The Kier molecular flexibility index (Phi) is 7.67. The van der Waals surface area contributed by atoms with Crippen LogP contribution in [0.5, 0.6) is 5.75 Å². The molecule has 1 aliphatic heterocycles. The summed E-state index contributed by atoms with van der Waals surface area (Å²) in [5, 5.41) is 2.25. The average molecular weight is 589 g/mol. The Morgan fingerprint density at radius 3 is 2.10 bits per heavy atom. The van der Waals surface area contributed by atoms with Gasteiger partial charge in [0.2, 0.25) is 0 Å². The third-order valence-corrected chi connectivity index (χ3v) is 7.50. The van der Waals surface area contributed by atoms with Gasteiger partial charge in [0.25, 0.3) is 11.8 Å². The maximum atomic E-state index is 13.5. The fraction of sp³-hybridized carbons (Fsp3) is 0.0938. The lowest BCUT2D eigenvalue weighted by Crippen LogP contribution is -2.32. The van der Waals surface area contributed by atoms with Crippen LogP contribution in [0.2, 0.25) is 5.02 Å². The van der Waals surface area contributed by atoms with E-state index in [1.54, 1.807) is 24.3 Å². The molecule has 1 aliphatic rings. The van der Waals surface area contributed by atoms with Gasteiger partial charge in [0.15, 0.2) is 0 Å². The molecule has 5 rings (SSSR count). The number of hydrogen-bond donors (Lipinski definition) is 1. The summed E-state index contributed by atoms with van der Waals surface area (Å²) in [7, 11) is 0. The van der Waals surface area contributed by atoms with Gasteiger partial charge in [-0.1, -0.05) is 79.5 Å². The van der Waals surface area contributed by atoms with Gasteiger partial charge in [0.05, 0.1) is 16.3 Å². The second-order valence-corrected chi connectivity index (χ2v) is 10.6. The van der Waals surface area contributed by atoms with E-state index in [1.165, 1.54) is 23.8 Å². The molecular formula is C32H23Cl2FN2O4. The molecule has 0 radical (unpaired) electrons. The molecule has 0 aromatic heterocycles. The van der Waals surface area contributed by atoms with Crippen molar-refractivity contribution in [3.63, 3.8) is 0 Å².